The Morgan fingerprint density at radius 3 is 2.54 bits per heavy atom. The predicted octanol–water partition coefficient (Wildman–Crippen LogP) is 4.56. The van der Waals surface area contributed by atoms with Gasteiger partial charge in [-0.15, -0.1) is 0 Å². The molecule has 0 saturated carbocycles. The molecule has 1 amide bonds. The Hall–Kier alpha value is -2.79. The van der Waals surface area contributed by atoms with Crippen molar-refractivity contribution in [2.75, 3.05) is 12.4 Å². The summed E-state index contributed by atoms with van der Waals surface area (Å²) in [5.41, 5.74) is 2.07. The molecular weight excluding hydrogens is 328 g/mol. The molecule has 0 spiro atoms. The summed E-state index contributed by atoms with van der Waals surface area (Å²) in [5.74, 6) is 0.829. The number of nitrogens with zero attached hydrogens (tertiary/aromatic N) is 1. The number of aromatic nitrogens is 1. The first-order valence-corrected chi connectivity index (χ1v) is 7.64. The van der Waals surface area contributed by atoms with Gasteiger partial charge in [-0.1, -0.05) is 35.0 Å². The Balaban J connectivity index is 1.93. The second kappa shape index (κ2) is 6.76. The first kappa shape index (κ1) is 16.1. The lowest BCUT2D eigenvalue weighted by molar-refractivity contribution is 0.102. The number of methoxy groups -OCH3 is 1. The fourth-order valence-corrected chi connectivity index (χ4v) is 2.57. The number of anilines is 1. The summed E-state index contributed by atoms with van der Waals surface area (Å²) in [5, 5.41) is 7.33. The van der Waals surface area contributed by atoms with E-state index in [4.69, 9.17) is 20.9 Å². The molecule has 3 aromatic rings. The number of ether oxygens (including phenoxy) is 1. The SMILES string of the molecule is COc1ccc(NC(=O)c2c(-c3ccccc3Cl)noc2C)cc1. The fourth-order valence-electron chi connectivity index (χ4n) is 2.34. The molecule has 24 heavy (non-hydrogen) atoms. The molecule has 0 fully saturated rings. The zero-order valence-electron chi connectivity index (χ0n) is 13.2. The average Bonchev–Trinajstić information content (AvgIpc) is 2.97. The third kappa shape index (κ3) is 3.12. The van der Waals surface area contributed by atoms with E-state index in [1.54, 1.807) is 50.4 Å². The molecule has 0 aliphatic carbocycles. The lowest BCUT2D eigenvalue weighted by Gasteiger charge is -2.07. The molecule has 3 rings (SSSR count). The van der Waals surface area contributed by atoms with Gasteiger partial charge >= 0.3 is 0 Å². The van der Waals surface area contributed by atoms with Gasteiger partial charge in [0, 0.05) is 11.3 Å². The van der Waals surface area contributed by atoms with Gasteiger partial charge in [0.25, 0.3) is 5.91 Å². The largest absolute Gasteiger partial charge is 0.497 e. The van der Waals surface area contributed by atoms with E-state index >= 15 is 0 Å². The van der Waals surface area contributed by atoms with Gasteiger partial charge in [0.15, 0.2) is 0 Å². The topological polar surface area (TPSA) is 64.4 Å². The number of aryl methyl sites for hydroxylation is 1. The molecule has 0 atom stereocenters. The molecule has 1 N–H and O–H groups in total. The monoisotopic (exact) mass is 342 g/mol. The Bertz CT molecular complexity index is 872. The van der Waals surface area contributed by atoms with E-state index in [2.05, 4.69) is 10.5 Å². The van der Waals surface area contributed by atoms with Crippen molar-refractivity contribution < 1.29 is 14.1 Å². The van der Waals surface area contributed by atoms with Crippen molar-refractivity contribution >= 4 is 23.2 Å². The highest BCUT2D eigenvalue weighted by Gasteiger charge is 2.23. The summed E-state index contributed by atoms with van der Waals surface area (Å²) in [4.78, 5) is 12.7. The van der Waals surface area contributed by atoms with Gasteiger partial charge in [0.2, 0.25) is 0 Å². The van der Waals surface area contributed by atoms with Crippen LogP contribution in [-0.4, -0.2) is 18.2 Å². The van der Waals surface area contributed by atoms with Crippen LogP contribution in [0.4, 0.5) is 5.69 Å². The third-order valence-corrected chi connectivity index (χ3v) is 3.90. The van der Waals surface area contributed by atoms with Crippen molar-refractivity contribution in [2.24, 2.45) is 0 Å². The molecule has 0 unspecified atom stereocenters. The van der Waals surface area contributed by atoms with Crippen LogP contribution < -0.4 is 10.1 Å². The average molecular weight is 343 g/mol. The number of carbonyl (C=O) groups is 1. The van der Waals surface area contributed by atoms with Crippen molar-refractivity contribution in [3.8, 4) is 17.0 Å². The number of hydrogen-bond acceptors (Lipinski definition) is 4. The van der Waals surface area contributed by atoms with Crippen LogP contribution in [0, 0.1) is 6.92 Å². The van der Waals surface area contributed by atoms with Crippen LogP contribution in [0.3, 0.4) is 0 Å². The first-order chi connectivity index (χ1) is 11.6. The Morgan fingerprint density at radius 1 is 1.17 bits per heavy atom. The highest BCUT2D eigenvalue weighted by Crippen LogP contribution is 2.31. The Labute approximate surface area is 144 Å². The maximum Gasteiger partial charge on any atom is 0.261 e. The number of hydrogen-bond donors (Lipinski definition) is 1. The van der Waals surface area contributed by atoms with E-state index in [9.17, 15) is 4.79 Å². The van der Waals surface area contributed by atoms with E-state index < -0.39 is 0 Å². The van der Waals surface area contributed by atoms with Gasteiger partial charge in [-0.05, 0) is 37.3 Å². The van der Waals surface area contributed by atoms with E-state index in [1.807, 2.05) is 12.1 Å². The zero-order valence-corrected chi connectivity index (χ0v) is 13.9. The molecule has 1 heterocycles. The number of benzene rings is 2. The maximum absolute atomic E-state index is 12.7. The Morgan fingerprint density at radius 2 is 1.88 bits per heavy atom. The van der Waals surface area contributed by atoms with Crippen LogP contribution in [0.1, 0.15) is 16.1 Å². The number of nitrogens with one attached hydrogen (secondary N) is 1. The van der Waals surface area contributed by atoms with Crippen LogP contribution in [0.5, 0.6) is 5.75 Å². The van der Waals surface area contributed by atoms with Crippen LogP contribution >= 0.6 is 11.6 Å². The van der Waals surface area contributed by atoms with Crippen LogP contribution in [0.25, 0.3) is 11.3 Å². The van der Waals surface area contributed by atoms with Crippen LogP contribution in [0.15, 0.2) is 53.1 Å². The minimum atomic E-state index is -0.311. The van der Waals surface area contributed by atoms with E-state index in [-0.39, 0.29) is 5.91 Å². The van der Waals surface area contributed by atoms with Crippen molar-refractivity contribution in [1.29, 1.82) is 0 Å². The second-order valence-electron chi connectivity index (χ2n) is 5.12. The Kier molecular flexibility index (Phi) is 4.53. The van der Waals surface area contributed by atoms with Gasteiger partial charge in [-0.2, -0.15) is 0 Å². The molecule has 0 aliphatic heterocycles. The second-order valence-corrected chi connectivity index (χ2v) is 5.53. The standard InChI is InChI=1S/C18H15ClN2O3/c1-11-16(17(21-24-11)14-5-3-4-6-15(14)19)18(22)20-12-7-9-13(23-2)10-8-12/h3-10H,1-2H3,(H,20,22). The number of amides is 1. The van der Waals surface area contributed by atoms with E-state index in [1.165, 1.54) is 0 Å². The molecule has 2 aromatic carbocycles. The minimum absolute atomic E-state index is 0.311. The summed E-state index contributed by atoms with van der Waals surface area (Å²) in [6.07, 6.45) is 0. The molecule has 0 aliphatic rings. The minimum Gasteiger partial charge on any atom is -0.497 e. The van der Waals surface area contributed by atoms with Gasteiger partial charge in [0.1, 0.15) is 22.8 Å². The highest BCUT2D eigenvalue weighted by molar-refractivity contribution is 6.33. The molecule has 0 saturated heterocycles. The maximum atomic E-state index is 12.7. The zero-order chi connectivity index (χ0) is 17.1. The molecule has 0 bridgehead atoms. The van der Waals surface area contributed by atoms with E-state index in [0.717, 1.165) is 0 Å². The summed E-state index contributed by atoms with van der Waals surface area (Å²) in [7, 11) is 1.59. The van der Waals surface area contributed by atoms with Gasteiger partial charge in [0.05, 0.1) is 12.1 Å². The fraction of sp³-hybridized carbons (Fsp3) is 0.111. The summed E-state index contributed by atoms with van der Waals surface area (Å²) >= 11 is 6.21. The number of carbonyl (C=O) groups excluding carboxylic acids is 1. The lowest BCUT2D eigenvalue weighted by atomic mass is 10.1. The summed E-state index contributed by atoms with van der Waals surface area (Å²) in [6.45, 7) is 1.69. The van der Waals surface area contributed by atoms with Crippen LogP contribution in [-0.2, 0) is 0 Å². The van der Waals surface area contributed by atoms with Crippen LogP contribution in [0.2, 0.25) is 5.02 Å². The molecule has 1 aromatic heterocycles. The van der Waals surface area contributed by atoms with Gasteiger partial charge in [-0.3, -0.25) is 4.79 Å². The quantitative estimate of drug-likeness (QED) is 0.754. The molecule has 122 valence electrons. The van der Waals surface area contributed by atoms with Crippen molar-refractivity contribution in [1.82, 2.24) is 5.16 Å². The van der Waals surface area contributed by atoms with E-state index in [0.29, 0.717) is 39.0 Å². The number of rotatable bonds is 4. The lowest BCUT2D eigenvalue weighted by Crippen LogP contribution is -2.13. The molecule has 0 radical (unpaired) electrons. The van der Waals surface area contributed by atoms with Crippen molar-refractivity contribution in [3.63, 3.8) is 0 Å². The predicted molar refractivity (Wildman–Crippen MR) is 92.6 cm³/mol. The molecule has 5 nitrogen and oxygen atoms in total. The smallest absolute Gasteiger partial charge is 0.261 e. The molecular formula is C18H15ClN2O3. The highest BCUT2D eigenvalue weighted by atomic mass is 35.5. The van der Waals surface area contributed by atoms with Crippen molar-refractivity contribution in [2.45, 2.75) is 6.92 Å². The van der Waals surface area contributed by atoms with Gasteiger partial charge in [-0.25, -0.2) is 0 Å². The van der Waals surface area contributed by atoms with Crippen molar-refractivity contribution in [3.05, 3.63) is 64.9 Å². The molecule has 6 heteroatoms. The van der Waals surface area contributed by atoms with Gasteiger partial charge < -0.3 is 14.6 Å². The summed E-state index contributed by atoms with van der Waals surface area (Å²) in [6, 6.07) is 14.2. The third-order valence-electron chi connectivity index (χ3n) is 3.57. The number of halogens is 1. The normalized spacial score (nSPS) is 10.5. The first-order valence-electron chi connectivity index (χ1n) is 7.26. The summed E-state index contributed by atoms with van der Waals surface area (Å²) < 4.78 is 10.3.